The number of ether oxygens (including phenoxy) is 1. The fraction of sp³-hybridized carbons (Fsp3) is 0.273. The van der Waals surface area contributed by atoms with E-state index in [2.05, 4.69) is 4.74 Å². The van der Waals surface area contributed by atoms with Gasteiger partial charge in [-0.15, -0.1) is 0 Å². The first kappa shape index (κ1) is 12.0. The van der Waals surface area contributed by atoms with Crippen molar-refractivity contribution in [3.05, 3.63) is 29.1 Å². The number of phenols is 1. The zero-order chi connectivity index (χ0) is 12.1. The van der Waals surface area contributed by atoms with Crippen molar-refractivity contribution in [3.63, 3.8) is 0 Å². The molecule has 1 rings (SSSR count). The van der Waals surface area contributed by atoms with Crippen LogP contribution in [0, 0.1) is 17.1 Å². The maximum Gasteiger partial charge on any atom is 0.310 e. The topological polar surface area (TPSA) is 70.3 Å². The van der Waals surface area contributed by atoms with Gasteiger partial charge in [0, 0.05) is 5.56 Å². The molecule has 0 saturated carbocycles. The smallest absolute Gasteiger partial charge is 0.310 e. The number of esters is 1. The van der Waals surface area contributed by atoms with Crippen molar-refractivity contribution in [2.75, 3.05) is 6.61 Å². The van der Waals surface area contributed by atoms with E-state index in [1.807, 2.05) is 0 Å². The van der Waals surface area contributed by atoms with Gasteiger partial charge in [-0.2, -0.15) is 5.26 Å². The van der Waals surface area contributed by atoms with E-state index in [1.54, 1.807) is 13.0 Å². The highest BCUT2D eigenvalue weighted by atomic mass is 19.1. The van der Waals surface area contributed by atoms with E-state index in [1.165, 1.54) is 0 Å². The number of hydrogen-bond donors (Lipinski definition) is 1. The van der Waals surface area contributed by atoms with Crippen LogP contribution in [0.5, 0.6) is 5.75 Å². The van der Waals surface area contributed by atoms with Crippen LogP contribution in [0.15, 0.2) is 12.1 Å². The van der Waals surface area contributed by atoms with Crippen molar-refractivity contribution in [1.29, 1.82) is 5.26 Å². The largest absolute Gasteiger partial charge is 0.506 e. The number of hydrogen-bond acceptors (Lipinski definition) is 4. The average Bonchev–Trinajstić information content (AvgIpc) is 2.25. The van der Waals surface area contributed by atoms with Crippen LogP contribution in [0.2, 0.25) is 0 Å². The molecule has 0 heterocycles. The van der Waals surface area contributed by atoms with Gasteiger partial charge in [-0.3, -0.25) is 4.79 Å². The Morgan fingerprint density at radius 3 is 2.88 bits per heavy atom. The summed E-state index contributed by atoms with van der Waals surface area (Å²) in [4.78, 5) is 11.1. The van der Waals surface area contributed by atoms with E-state index < -0.39 is 17.5 Å². The molecule has 0 bridgehead atoms. The maximum absolute atomic E-state index is 13.3. The highest BCUT2D eigenvalue weighted by molar-refractivity contribution is 5.74. The van der Waals surface area contributed by atoms with Crippen LogP contribution >= 0.6 is 0 Å². The van der Waals surface area contributed by atoms with Crippen LogP contribution in [0.4, 0.5) is 4.39 Å². The van der Waals surface area contributed by atoms with Crippen molar-refractivity contribution in [2.45, 2.75) is 13.3 Å². The third-order valence-corrected chi connectivity index (χ3v) is 1.97. The summed E-state index contributed by atoms with van der Waals surface area (Å²) < 4.78 is 17.9. The monoisotopic (exact) mass is 223 g/mol. The molecule has 5 heteroatoms. The molecule has 0 aliphatic heterocycles. The molecule has 4 nitrogen and oxygen atoms in total. The molecule has 84 valence electrons. The van der Waals surface area contributed by atoms with Crippen LogP contribution in [0.3, 0.4) is 0 Å². The van der Waals surface area contributed by atoms with Crippen LogP contribution in [-0.2, 0) is 16.0 Å². The second kappa shape index (κ2) is 5.12. The van der Waals surface area contributed by atoms with Gasteiger partial charge in [0.15, 0.2) is 0 Å². The number of rotatable bonds is 3. The molecular formula is C11H10FNO3. The highest BCUT2D eigenvalue weighted by Gasteiger charge is 2.16. The zero-order valence-corrected chi connectivity index (χ0v) is 8.66. The van der Waals surface area contributed by atoms with E-state index in [4.69, 9.17) is 5.26 Å². The van der Waals surface area contributed by atoms with Crippen LogP contribution in [0.25, 0.3) is 0 Å². The van der Waals surface area contributed by atoms with Crippen LogP contribution < -0.4 is 0 Å². The Morgan fingerprint density at radius 2 is 2.31 bits per heavy atom. The molecule has 1 aromatic rings. The van der Waals surface area contributed by atoms with E-state index in [-0.39, 0.29) is 24.2 Å². The van der Waals surface area contributed by atoms with Crippen LogP contribution in [-0.4, -0.2) is 17.7 Å². The number of carbonyl (C=O) groups is 1. The molecule has 0 amide bonds. The predicted octanol–water partition coefficient (Wildman–Crippen LogP) is 1.51. The molecule has 0 spiro atoms. The summed E-state index contributed by atoms with van der Waals surface area (Å²) in [6.07, 6.45) is -0.388. The average molecular weight is 223 g/mol. The third kappa shape index (κ3) is 2.48. The molecule has 1 N–H and O–H groups in total. The minimum atomic E-state index is -0.732. The summed E-state index contributed by atoms with van der Waals surface area (Å²) in [6, 6.07) is 3.89. The van der Waals surface area contributed by atoms with Crippen molar-refractivity contribution in [3.8, 4) is 11.8 Å². The van der Waals surface area contributed by atoms with Gasteiger partial charge in [-0.1, -0.05) is 0 Å². The Hall–Kier alpha value is -2.09. The van der Waals surface area contributed by atoms with Crippen molar-refractivity contribution in [1.82, 2.24) is 0 Å². The normalized spacial score (nSPS) is 9.56. The third-order valence-electron chi connectivity index (χ3n) is 1.97. The quantitative estimate of drug-likeness (QED) is 0.788. The van der Waals surface area contributed by atoms with Gasteiger partial charge >= 0.3 is 5.97 Å². The van der Waals surface area contributed by atoms with Crippen LogP contribution in [0.1, 0.15) is 18.1 Å². The van der Waals surface area contributed by atoms with Gasteiger partial charge in [-0.25, -0.2) is 4.39 Å². The Bertz CT molecular complexity index is 451. The van der Waals surface area contributed by atoms with Crippen molar-refractivity contribution >= 4 is 5.97 Å². The molecular weight excluding hydrogens is 213 g/mol. The van der Waals surface area contributed by atoms with Gasteiger partial charge in [0.2, 0.25) is 0 Å². The first-order chi connectivity index (χ1) is 7.60. The molecule has 0 fully saturated rings. The zero-order valence-electron chi connectivity index (χ0n) is 8.66. The molecule has 0 aromatic heterocycles. The lowest BCUT2D eigenvalue weighted by Crippen LogP contribution is -2.09. The van der Waals surface area contributed by atoms with E-state index >= 15 is 0 Å². The summed E-state index contributed by atoms with van der Waals surface area (Å²) in [6.45, 7) is 1.80. The number of nitriles is 1. The maximum atomic E-state index is 13.3. The molecule has 0 radical (unpaired) electrons. The molecule has 0 aliphatic carbocycles. The fourth-order valence-corrected chi connectivity index (χ4v) is 1.23. The second-order valence-electron chi connectivity index (χ2n) is 3.02. The molecule has 0 saturated heterocycles. The summed E-state index contributed by atoms with van der Waals surface area (Å²) >= 11 is 0. The minimum Gasteiger partial charge on any atom is -0.506 e. The second-order valence-corrected chi connectivity index (χ2v) is 3.02. The van der Waals surface area contributed by atoms with Crippen molar-refractivity contribution in [2.24, 2.45) is 0 Å². The summed E-state index contributed by atoms with van der Waals surface area (Å²) in [7, 11) is 0. The number of aromatic hydroxyl groups is 1. The first-order valence-corrected chi connectivity index (χ1v) is 4.66. The Balaban J connectivity index is 3.04. The summed E-state index contributed by atoms with van der Waals surface area (Å²) in [5.41, 5.74) is -0.279. The van der Waals surface area contributed by atoms with Gasteiger partial charge in [0.25, 0.3) is 0 Å². The first-order valence-electron chi connectivity index (χ1n) is 4.66. The predicted molar refractivity (Wildman–Crippen MR) is 53.1 cm³/mol. The van der Waals surface area contributed by atoms with E-state index in [0.29, 0.717) is 0 Å². The number of carbonyl (C=O) groups excluding carboxylic acids is 1. The Morgan fingerprint density at radius 1 is 1.62 bits per heavy atom. The minimum absolute atomic E-state index is 0.0688. The number of benzene rings is 1. The molecule has 0 aliphatic rings. The summed E-state index contributed by atoms with van der Waals surface area (Å²) in [5.74, 6) is -1.88. The SMILES string of the molecule is CCOC(=O)Cc1c(F)ccc(C#N)c1O. The van der Waals surface area contributed by atoms with Gasteiger partial charge in [-0.05, 0) is 19.1 Å². The van der Waals surface area contributed by atoms with Crippen molar-refractivity contribution < 1.29 is 19.0 Å². The molecule has 16 heavy (non-hydrogen) atoms. The lowest BCUT2D eigenvalue weighted by Gasteiger charge is -2.06. The van der Waals surface area contributed by atoms with Gasteiger partial charge in [0.05, 0.1) is 18.6 Å². The summed E-state index contributed by atoms with van der Waals surface area (Å²) in [5, 5.41) is 18.1. The molecule has 1 aromatic carbocycles. The van der Waals surface area contributed by atoms with E-state index in [9.17, 15) is 14.3 Å². The highest BCUT2D eigenvalue weighted by Crippen LogP contribution is 2.25. The van der Waals surface area contributed by atoms with E-state index in [0.717, 1.165) is 12.1 Å². The van der Waals surface area contributed by atoms with Gasteiger partial charge < -0.3 is 9.84 Å². The number of halogens is 1. The lowest BCUT2D eigenvalue weighted by atomic mass is 10.1. The Kier molecular flexibility index (Phi) is 3.84. The molecule has 0 atom stereocenters. The van der Waals surface area contributed by atoms with Gasteiger partial charge in [0.1, 0.15) is 17.6 Å². The lowest BCUT2D eigenvalue weighted by molar-refractivity contribution is -0.142. The number of nitrogens with zero attached hydrogens (tertiary/aromatic N) is 1. The molecule has 0 unspecified atom stereocenters. The Labute approximate surface area is 91.9 Å². The number of phenolic OH excluding ortho intramolecular Hbond substituents is 1. The standard InChI is InChI=1S/C11H10FNO3/c1-2-16-10(14)5-8-9(12)4-3-7(6-13)11(8)15/h3-4,15H,2,5H2,1H3. The fourth-order valence-electron chi connectivity index (χ4n) is 1.23.